The molecule has 0 fully saturated rings. The molecule has 1 unspecified atom stereocenters. The fourth-order valence-corrected chi connectivity index (χ4v) is 2.47. The molecule has 1 aromatic carbocycles. The summed E-state index contributed by atoms with van der Waals surface area (Å²) in [4.78, 5) is 18.0. The SMILES string of the molecule is CSc1ccc(C2(C)N=C(NC(C)(C)C)NC2=O)cc1. The molecule has 0 aromatic heterocycles. The molecule has 0 saturated heterocycles. The molecule has 1 aromatic rings. The minimum Gasteiger partial charge on any atom is -0.351 e. The first kappa shape index (κ1) is 14.9. The Labute approximate surface area is 124 Å². The van der Waals surface area contributed by atoms with Crippen LogP contribution in [0.2, 0.25) is 0 Å². The Hall–Kier alpha value is -1.49. The van der Waals surface area contributed by atoms with E-state index in [9.17, 15) is 4.79 Å². The van der Waals surface area contributed by atoms with Crippen molar-refractivity contribution >= 4 is 23.6 Å². The number of aliphatic imine (C=N–C) groups is 1. The molecule has 0 radical (unpaired) electrons. The summed E-state index contributed by atoms with van der Waals surface area (Å²) in [6.07, 6.45) is 2.03. The predicted octanol–water partition coefficient (Wildman–Crippen LogP) is 2.50. The third-order valence-corrected chi connectivity index (χ3v) is 3.90. The minimum atomic E-state index is -0.857. The zero-order chi connectivity index (χ0) is 15.0. The topological polar surface area (TPSA) is 53.5 Å². The summed E-state index contributed by atoms with van der Waals surface area (Å²) >= 11 is 1.68. The zero-order valence-electron chi connectivity index (χ0n) is 12.6. The lowest BCUT2D eigenvalue weighted by atomic mass is 9.93. The summed E-state index contributed by atoms with van der Waals surface area (Å²) in [5.41, 5.74) is -0.0940. The van der Waals surface area contributed by atoms with Crippen molar-refractivity contribution in [2.45, 2.75) is 43.7 Å². The van der Waals surface area contributed by atoms with Crippen LogP contribution in [-0.4, -0.2) is 23.7 Å². The van der Waals surface area contributed by atoms with Crippen LogP contribution in [0.5, 0.6) is 0 Å². The summed E-state index contributed by atoms with van der Waals surface area (Å²) in [5.74, 6) is 0.445. The molecule has 5 heteroatoms. The van der Waals surface area contributed by atoms with Crippen LogP contribution < -0.4 is 10.6 Å². The molecule has 1 amide bonds. The number of hydrogen-bond donors (Lipinski definition) is 2. The van der Waals surface area contributed by atoms with Gasteiger partial charge < -0.3 is 5.32 Å². The minimum absolute atomic E-state index is 0.0962. The van der Waals surface area contributed by atoms with E-state index in [4.69, 9.17) is 0 Å². The van der Waals surface area contributed by atoms with Crippen LogP contribution in [0.3, 0.4) is 0 Å². The third kappa shape index (κ3) is 2.98. The molecule has 0 aliphatic carbocycles. The van der Waals surface area contributed by atoms with E-state index in [2.05, 4.69) is 15.6 Å². The maximum atomic E-state index is 12.3. The molecule has 1 heterocycles. The average molecular weight is 291 g/mol. The maximum Gasteiger partial charge on any atom is 0.259 e. The molecular weight excluding hydrogens is 270 g/mol. The van der Waals surface area contributed by atoms with Crippen molar-refractivity contribution in [2.75, 3.05) is 6.26 Å². The van der Waals surface area contributed by atoms with E-state index in [1.165, 1.54) is 4.90 Å². The first-order valence-electron chi connectivity index (χ1n) is 6.59. The van der Waals surface area contributed by atoms with E-state index in [0.29, 0.717) is 5.96 Å². The fraction of sp³-hybridized carbons (Fsp3) is 0.467. The fourth-order valence-electron chi connectivity index (χ4n) is 2.06. The van der Waals surface area contributed by atoms with Gasteiger partial charge in [-0.25, -0.2) is 4.99 Å². The van der Waals surface area contributed by atoms with E-state index in [1.54, 1.807) is 11.8 Å². The zero-order valence-corrected chi connectivity index (χ0v) is 13.4. The van der Waals surface area contributed by atoms with Gasteiger partial charge in [-0.2, -0.15) is 0 Å². The lowest BCUT2D eigenvalue weighted by Gasteiger charge is -2.21. The Morgan fingerprint density at radius 1 is 1.25 bits per heavy atom. The molecule has 108 valence electrons. The van der Waals surface area contributed by atoms with Gasteiger partial charge in [0, 0.05) is 10.4 Å². The maximum absolute atomic E-state index is 12.3. The van der Waals surface area contributed by atoms with Gasteiger partial charge in [0.1, 0.15) is 0 Å². The number of amides is 1. The van der Waals surface area contributed by atoms with Crippen molar-refractivity contribution < 1.29 is 4.79 Å². The van der Waals surface area contributed by atoms with Gasteiger partial charge in [0.25, 0.3) is 5.91 Å². The lowest BCUT2D eigenvalue weighted by molar-refractivity contribution is -0.123. The van der Waals surface area contributed by atoms with Crippen molar-refractivity contribution in [1.29, 1.82) is 0 Å². The summed E-state index contributed by atoms with van der Waals surface area (Å²) in [7, 11) is 0. The highest BCUT2D eigenvalue weighted by Gasteiger charge is 2.41. The molecule has 0 spiro atoms. The first-order chi connectivity index (χ1) is 9.24. The highest BCUT2D eigenvalue weighted by molar-refractivity contribution is 7.98. The van der Waals surface area contributed by atoms with Crippen LogP contribution in [0.25, 0.3) is 0 Å². The van der Waals surface area contributed by atoms with Crippen LogP contribution in [0.1, 0.15) is 33.3 Å². The third-order valence-electron chi connectivity index (χ3n) is 3.16. The monoisotopic (exact) mass is 291 g/mol. The van der Waals surface area contributed by atoms with Gasteiger partial charge in [-0.15, -0.1) is 11.8 Å². The van der Waals surface area contributed by atoms with Gasteiger partial charge in [0.2, 0.25) is 0 Å². The molecule has 2 N–H and O–H groups in total. The van der Waals surface area contributed by atoms with E-state index in [0.717, 1.165) is 5.56 Å². The Kier molecular flexibility index (Phi) is 3.82. The largest absolute Gasteiger partial charge is 0.351 e. The predicted molar refractivity (Wildman–Crippen MR) is 84.0 cm³/mol. The van der Waals surface area contributed by atoms with Crippen molar-refractivity contribution in [3.05, 3.63) is 29.8 Å². The van der Waals surface area contributed by atoms with Gasteiger partial charge in [-0.05, 0) is 51.6 Å². The van der Waals surface area contributed by atoms with Crippen molar-refractivity contribution in [2.24, 2.45) is 4.99 Å². The first-order valence-corrected chi connectivity index (χ1v) is 7.81. The Morgan fingerprint density at radius 2 is 1.85 bits per heavy atom. The summed E-state index contributed by atoms with van der Waals surface area (Å²) in [6, 6.07) is 7.97. The van der Waals surface area contributed by atoms with Crippen molar-refractivity contribution in [1.82, 2.24) is 10.6 Å². The van der Waals surface area contributed by atoms with Gasteiger partial charge in [0.15, 0.2) is 11.5 Å². The number of nitrogens with one attached hydrogen (secondary N) is 2. The van der Waals surface area contributed by atoms with E-state index >= 15 is 0 Å². The lowest BCUT2D eigenvalue weighted by Crippen LogP contribution is -2.47. The van der Waals surface area contributed by atoms with Crippen LogP contribution in [0.15, 0.2) is 34.2 Å². The molecule has 2 rings (SSSR count). The van der Waals surface area contributed by atoms with Crippen LogP contribution >= 0.6 is 11.8 Å². The molecule has 20 heavy (non-hydrogen) atoms. The molecule has 1 atom stereocenters. The van der Waals surface area contributed by atoms with Gasteiger partial charge in [-0.3, -0.25) is 10.1 Å². The second kappa shape index (κ2) is 5.13. The van der Waals surface area contributed by atoms with Gasteiger partial charge >= 0.3 is 0 Å². The molecule has 0 saturated carbocycles. The number of hydrogen-bond acceptors (Lipinski definition) is 4. The smallest absolute Gasteiger partial charge is 0.259 e. The van der Waals surface area contributed by atoms with Gasteiger partial charge in [-0.1, -0.05) is 12.1 Å². The summed E-state index contributed by atoms with van der Waals surface area (Å²) in [5, 5.41) is 6.03. The summed E-state index contributed by atoms with van der Waals surface area (Å²) in [6.45, 7) is 7.94. The number of benzene rings is 1. The molecule has 1 aliphatic heterocycles. The van der Waals surface area contributed by atoms with Crippen molar-refractivity contribution in [3.63, 3.8) is 0 Å². The normalized spacial score (nSPS) is 22.4. The van der Waals surface area contributed by atoms with Crippen LogP contribution in [0.4, 0.5) is 0 Å². The number of guanidine groups is 1. The number of thioether (sulfide) groups is 1. The number of carbonyl (C=O) groups excluding carboxylic acids is 1. The molecule has 0 bridgehead atoms. The Morgan fingerprint density at radius 3 is 2.35 bits per heavy atom. The van der Waals surface area contributed by atoms with E-state index in [-0.39, 0.29) is 11.4 Å². The Bertz CT molecular complexity index is 545. The number of rotatable bonds is 2. The quantitative estimate of drug-likeness (QED) is 0.823. The summed E-state index contributed by atoms with van der Waals surface area (Å²) < 4.78 is 0. The second-order valence-electron chi connectivity index (χ2n) is 6.09. The van der Waals surface area contributed by atoms with E-state index in [1.807, 2.05) is 58.2 Å². The second-order valence-corrected chi connectivity index (χ2v) is 6.97. The number of carbonyl (C=O) groups is 1. The Balaban J connectivity index is 2.30. The highest BCUT2D eigenvalue weighted by Crippen LogP contribution is 2.30. The number of nitrogens with zero attached hydrogens (tertiary/aromatic N) is 1. The van der Waals surface area contributed by atoms with Gasteiger partial charge in [0.05, 0.1) is 0 Å². The average Bonchev–Trinajstić information content (AvgIpc) is 2.63. The highest BCUT2D eigenvalue weighted by atomic mass is 32.2. The molecule has 4 nitrogen and oxygen atoms in total. The standard InChI is InChI=1S/C15H21N3OS/c1-14(2,3)17-13-16-12(19)15(4,18-13)10-6-8-11(20-5)9-7-10/h6-9H,1-5H3,(H2,16,17,18,19). The van der Waals surface area contributed by atoms with E-state index < -0.39 is 5.54 Å². The van der Waals surface area contributed by atoms with Crippen molar-refractivity contribution in [3.8, 4) is 0 Å². The van der Waals surface area contributed by atoms with Crippen LogP contribution in [-0.2, 0) is 10.3 Å². The van der Waals surface area contributed by atoms with Crippen LogP contribution in [0, 0.1) is 0 Å². The molecule has 1 aliphatic rings. The molecular formula is C15H21N3OS.